The molecular weight excluding hydrogens is 727 g/mol. The van der Waals surface area contributed by atoms with E-state index in [1.54, 1.807) is 12.1 Å². The summed E-state index contributed by atoms with van der Waals surface area (Å²) in [6, 6.07) is 17.2. The second-order valence-electron chi connectivity index (χ2n) is 13.7. The van der Waals surface area contributed by atoms with Crippen LogP contribution < -0.4 is 22.1 Å². The van der Waals surface area contributed by atoms with Crippen molar-refractivity contribution in [2.75, 3.05) is 5.75 Å². The van der Waals surface area contributed by atoms with Gasteiger partial charge in [0, 0.05) is 30.4 Å². The number of primary amides is 1. The first-order valence-electron chi connectivity index (χ1n) is 18.6. The van der Waals surface area contributed by atoms with Crippen LogP contribution in [0.15, 0.2) is 84.3 Å². The van der Waals surface area contributed by atoms with Crippen LogP contribution in [-0.4, -0.2) is 65.2 Å². The number of carbonyl (C=O) groups is 3. The summed E-state index contributed by atoms with van der Waals surface area (Å²) in [5.74, 6) is -1.83. The first-order chi connectivity index (χ1) is 26.2. The molecule has 0 unspecified atom stereocenters. The molecule has 298 valence electrons. The maximum Gasteiger partial charge on any atom is 0.310 e. The molecule has 0 saturated carbocycles. The Morgan fingerprint density at radius 2 is 1.42 bits per heavy atom. The highest BCUT2D eigenvalue weighted by molar-refractivity contribution is 7.94. The van der Waals surface area contributed by atoms with Crippen LogP contribution in [0.3, 0.4) is 0 Å². The number of nitrogens with two attached hydrogens (primary N) is 2. The highest BCUT2D eigenvalue weighted by Crippen LogP contribution is 2.26. The SMILES string of the molecule is NC(=O)[C@H](Cc1ccc(O)cc1)NC(=O)CCCCCCCCCCS(=O)(=O)/C=C/[C@H](CCc1ccccc1)NC(=O)[C@@H](N)Cc1ccc(O)c([N+](=O)[O-])c1. The number of nitrogens with zero attached hydrogens (tertiary/aromatic N) is 1. The van der Waals surface area contributed by atoms with Gasteiger partial charge in [0.05, 0.1) is 16.7 Å². The minimum absolute atomic E-state index is 0.0276. The second kappa shape index (κ2) is 22.8. The van der Waals surface area contributed by atoms with Gasteiger partial charge in [0.25, 0.3) is 0 Å². The van der Waals surface area contributed by atoms with Crippen LogP contribution in [0, 0.1) is 10.1 Å². The molecule has 14 nitrogen and oxygen atoms in total. The summed E-state index contributed by atoms with van der Waals surface area (Å²) in [5.41, 5.74) is 13.3. The number of nitro benzene ring substituents is 1. The lowest BCUT2D eigenvalue weighted by Crippen LogP contribution is -2.46. The molecule has 0 saturated heterocycles. The van der Waals surface area contributed by atoms with Crippen molar-refractivity contribution in [3.8, 4) is 11.5 Å². The van der Waals surface area contributed by atoms with Gasteiger partial charge in [-0.2, -0.15) is 0 Å². The van der Waals surface area contributed by atoms with Gasteiger partial charge in [0.1, 0.15) is 11.8 Å². The standard InChI is InChI=1S/C40H53N5O9S/c41-34(26-31-18-22-37(47)36(28-31)45(51)52)40(50)43-32(19-15-29-12-8-7-9-13-29)23-25-55(53,54)24-11-6-4-2-1-3-5-10-14-38(48)44-35(39(42)49)27-30-16-20-33(46)21-17-30/h7-9,12-13,16-18,20-23,25,28,32,34-35,46-47H,1-6,10-11,14-15,19,24,26-27,41H2,(H2,42,49)(H,43,50)(H,44,48)/b25-23+/t32-,34-,35-/m0/s1. The largest absolute Gasteiger partial charge is 0.508 e. The fraction of sp³-hybridized carbons (Fsp3) is 0.425. The molecule has 0 fully saturated rings. The van der Waals surface area contributed by atoms with Gasteiger partial charge < -0.3 is 32.3 Å². The lowest BCUT2D eigenvalue weighted by molar-refractivity contribution is -0.385. The van der Waals surface area contributed by atoms with Crippen LogP contribution in [0.25, 0.3) is 0 Å². The third kappa shape index (κ3) is 17.2. The molecule has 0 radical (unpaired) electrons. The van der Waals surface area contributed by atoms with Crippen molar-refractivity contribution < 1.29 is 37.9 Å². The highest BCUT2D eigenvalue weighted by atomic mass is 32.2. The van der Waals surface area contributed by atoms with E-state index >= 15 is 0 Å². The monoisotopic (exact) mass is 779 g/mol. The minimum atomic E-state index is -3.56. The Balaban J connectivity index is 1.37. The van der Waals surface area contributed by atoms with Gasteiger partial charge in [-0.1, -0.05) is 93.1 Å². The Labute approximate surface area is 322 Å². The fourth-order valence-electron chi connectivity index (χ4n) is 5.95. The van der Waals surface area contributed by atoms with Crippen molar-refractivity contribution >= 4 is 33.2 Å². The van der Waals surface area contributed by atoms with Crippen molar-refractivity contribution in [3.05, 3.63) is 111 Å². The Hall–Kier alpha value is -5.28. The van der Waals surface area contributed by atoms with E-state index in [1.807, 2.05) is 30.3 Å². The third-order valence-electron chi connectivity index (χ3n) is 9.10. The van der Waals surface area contributed by atoms with Crippen LogP contribution in [0.1, 0.15) is 80.9 Å². The summed E-state index contributed by atoms with van der Waals surface area (Å²) in [4.78, 5) is 47.7. The van der Waals surface area contributed by atoms with Crippen LogP contribution in [-0.2, 0) is 43.5 Å². The number of nitro groups is 1. The van der Waals surface area contributed by atoms with Crippen LogP contribution in [0.4, 0.5) is 5.69 Å². The molecule has 0 aromatic heterocycles. The average molecular weight is 780 g/mol. The number of aromatic hydroxyl groups is 2. The topological polar surface area (TPSA) is 245 Å². The number of sulfone groups is 1. The molecule has 0 aliphatic rings. The molecule has 8 N–H and O–H groups in total. The molecule has 15 heteroatoms. The van der Waals surface area contributed by atoms with E-state index in [9.17, 15) is 43.1 Å². The Morgan fingerprint density at radius 1 is 0.800 bits per heavy atom. The summed E-state index contributed by atoms with van der Waals surface area (Å²) in [7, 11) is -3.56. The number of amides is 3. The number of unbranched alkanes of at least 4 members (excludes halogenated alkanes) is 7. The summed E-state index contributed by atoms with van der Waals surface area (Å²) in [6.07, 6.45) is 9.37. The zero-order valence-corrected chi connectivity index (χ0v) is 31.8. The lowest BCUT2D eigenvalue weighted by atomic mass is 10.0. The van der Waals surface area contributed by atoms with Gasteiger partial charge >= 0.3 is 5.69 Å². The van der Waals surface area contributed by atoms with Crippen molar-refractivity contribution in [1.29, 1.82) is 0 Å². The molecule has 0 bridgehead atoms. The maximum atomic E-state index is 13.0. The summed E-state index contributed by atoms with van der Waals surface area (Å²) >= 11 is 0. The van der Waals surface area contributed by atoms with Gasteiger partial charge in [0.15, 0.2) is 15.6 Å². The number of hydrogen-bond acceptors (Lipinski definition) is 10. The molecule has 0 aliphatic heterocycles. The van der Waals surface area contributed by atoms with Crippen molar-refractivity contribution in [2.24, 2.45) is 11.5 Å². The number of phenols is 2. The Morgan fingerprint density at radius 3 is 2.05 bits per heavy atom. The van der Waals surface area contributed by atoms with Crippen LogP contribution in [0.5, 0.6) is 11.5 Å². The first-order valence-corrected chi connectivity index (χ1v) is 20.3. The molecule has 3 aromatic carbocycles. The molecule has 0 spiro atoms. The van der Waals surface area contributed by atoms with Crippen LogP contribution in [0.2, 0.25) is 0 Å². The number of phenolic OH excluding ortho intramolecular Hbond substituents is 2. The molecule has 3 atom stereocenters. The third-order valence-corrected chi connectivity index (χ3v) is 10.5. The number of nitrogens with one attached hydrogen (secondary N) is 2. The van der Waals surface area contributed by atoms with Gasteiger partial charge in [-0.15, -0.1) is 0 Å². The number of benzene rings is 3. The molecule has 0 aliphatic carbocycles. The average Bonchev–Trinajstić information content (AvgIpc) is 3.15. The molecule has 3 rings (SSSR count). The van der Waals surface area contributed by atoms with E-state index in [2.05, 4.69) is 10.6 Å². The predicted octanol–water partition coefficient (Wildman–Crippen LogP) is 4.65. The summed E-state index contributed by atoms with van der Waals surface area (Å²) in [5, 5.41) is 37.0. The normalized spacial score (nSPS) is 13.2. The van der Waals surface area contributed by atoms with E-state index in [1.165, 1.54) is 36.4 Å². The highest BCUT2D eigenvalue weighted by Gasteiger charge is 2.21. The van der Waals surface area contributed by atoms with E-state index in [4.69, 9.17) is 11.5 Å². The quantitative estimate of drug-likeness (QED) is 0.0395. The van der Waals surface area contributed by atoms with E-state index < -0.39 is 56.1 Å². The van der Waals surface area contributed by atoms with Crippen molar-refractivity contribution in [3.63, 3.8) is 0 Å². The summed E-state index contributed by atoms with van der Waals surface area (Å²) in [6.45, 7) is 0. The van der Waals surface area contributed by atoms with Gasteiger partial charge in [-0.05, 0) is 67.0 Å². The molecule has 3 aromatic rings. The van der Waals surface area contributed by atoms with Crippen molar-refractivity contribution in [2.45, 2.75) is 102 Å². The Kier molecular flexibility index (Phi) is 18.3. The van der Waals surface area contributed by atoms with Gasteiger partial charge in [-0.3, -0.25) is 24.5 Å². The minimum Gasteiger partial charge on any atom is -0.508 e. The molecule has 0 heterocycles. The number of aryl methyl sites for hydroxylation is 1. The zero-order valence-electron chi connectivity index (χ0n) is 31.0. The second-order valence-corrected chi connectivity index (χ2v) is 15.7. The van der Waals surface area contributed by atoms with E-state index in [-0.39, 0.29) is 36.7 Å². The number of rotatable bonds is 25. The molecule has 55 heavy (non-hydrogen) atoms. The molecular formula is C40H53N5O9S. The predicted molar refractivity (Wildman–Crippen MR) is 211 cm³/mol. The lowest BCUT2D eigenvalue weighted by Gasteiger charge is -2.19. The Bertz CT molecular complexity index is 1840. The number of hydrogen-bond donors (Lipinski definition) is 6. The van der Waals surface area contributed by atoms with E-state index in [0.717, 1.165) is 55.1 Å². The fourth-order valence-corrected chi connectivity index (χ4v) is 7.12. The molecule has 3 amide bonds. The van der Waals surface area contributed by atoms with Gasteiger partial charge in [0.2, 0.25) is 17.7 Å². The first kappa shape index (κ1) is 44.1. The van der Waals surface area contributed by atoms with E-state index in [0.29, 0.717) is 31.2 Å². The summed E-state index contributed by atoms with van der Waals surface area (Å²) < 4.78 is 25.8. The van der Waals surface area contributed by atoms with Crippen molar-refractivity contribution in [1.82, 2.24) is 10.6 Å². The number of carbonyl (C=O) groups excluding carboxylic acids is 3. The van der Waals surface area contributed by atoms with Crippen LogP contribution >= 0.6 is 0 Å². The smallest absolute Gasteiger partial charge is 0.310 e. The van der Waals surface area contributed by atoms with Gasteiger partial charge in [-0.25, -0.2) is 8.42 Å². The zero-order chi connectivity index (χ0) is 40.2. The maximum absolute atomic E-state index is 13.0.